The molecular weight excluding hydrogens is 257 g/mol. The fraction of sp³-hybridized carbons (Fsp3) is 0.308. The van der Waals surface area contributed by atoms with Crippen molar-refractivity contribution in [2.45, 2.75) is 19.8 Å². The van der Waals surface area contributed by atoms with Gasteiger partial charge in [-0.15, -0.1) is 0 Å². The number of aryl methyl sites for hydroxylation is 1. The van der Waals surface area contributed by atoms with Gasteiger partial charge in [-0.25, -0.2) is 4.98 Å². The smallest absolute Gasteiger partial charge is 0.145 e. The van der Waals surface area contributed by atoms with Gasteiger partial charge in [-0.1, -0.05) is 36.5 Å². The Hall–Kier alpha value is -0.990. The lowest BCUT2D eigenvalue weighted by molar-refractivity contribution is 0.419. The number of nitrogens with zero attached hydrogens (tertiary/aromatic N) is 1. The molecule has 0 unspecified atom stereocenters. The van der Waals surface area contributed by atoms with Gasteiger partial charge in [0.05, 0.1) is 12.1 Å². The maximum Gasteiger partial charge on any atom is 0.145 e. The van der Waals surface area contributed by atoms with E-state index in [-0.39, 0.29) is 0 Å². The highest BCUT2D eigenvalue weighted by Gasteiger charge is 2.11. The second-order valence-corrected chi connectivity index (χ2v) is 4.60. The van der Waals surface area contributed by atoms with Crippen LogP contribution in [-0.4, -0.2) is 12.1 Å². The Kier molecular flexibility index (Phi) is 3.75. The Morgan fingerprint density at radius 2 is 2.06 bits per heavy atom. The highest BCUT2D eigenvalue weighted by atomic mass is 35.5. The molecule has 0 saturated heterocycles. The molecule has 17 heavy (non-hydrogen) atoms. The van der Waals surface area contributed by atoms with Crippen molar-refractivity contribution in [1.29, 1.82) is 0 Å². The van der Waals surface area contributed by atoms with Crippen molar-refractivity contribution in [2.24, 2.45) is 0 Å². The molecule has 1 aromatic heterocycles. The average molecular weight is 270 g/mol. The van der Waals surface area contributed by atoms with Crippen LogP contribution in [0.2, 0.25) is 10.2 Å². The summed E-state index contributed by atoms with van der Waals surface area (Å²) in [6.45, 7) is 2.10. The number of aromatic nitrogens is 1. The molecule has 2 nitrogen and oxygen atoms in total. The van der Waals surface area contributed by atoms with E-state index in [1.165, 1.54) is 0 Å². The van der Waals surface area contributed by atoms with E-state index in [9.17, 15) is 0 Å². The molecule has 1 heterocycles. The van der Waals surface area contributed by atoms with E-state index < -0.39 is 0 Å². The predicted octanol–water partition coefficient (Wildman–Crippen LogP) is 4.50. The van der Waals surface area contributed by atoms with Gasteiger partial charge in [-0.05, 0) is 30.2 Å². The third-order valence-electron chi connectivity index (χ3n) is 2.66. The van der Waals surface area contributed by atoms with Gasteiger partial charge in [0, 0.05) is 5.39 Å². The maximum absolute atomic E-state index is 6.17. The summed E-state index contributed by atoms with van der Waals surface area (Å²) < 4.78 is 5.26. The van der Waals surface area contributed by atoms with Crippen LogP contribution in [0.1, 0.15) is 18.9 Å². The first-order valence-corrected chi connectivity index (χ1v) is 6.24. The van der Waals surface area contributed by atoms with Crippen molar-refractivity contribution in [2.75, 3.05) is 7.11 Å². The minimum absolute atomic E-state index is 0.528. The maximum atomic E-state index is 6.17. The first-order chi connectivity index (χ1) is 8.17. The first kappa shape index (κ1) is 12.5. The average Bonchev–Trinajstić information content (AvgIpc) is 2.32. The SMILES string of the molecule is CCCc1cc2c(Cl)ccc(OC)c2nc1Cl. The second-order valence-electron chi connectivity index (χ2n) is 3.83. The summed E-state index contributed by atoms with van der Waals surface area (Å²) in [6.07, 6.45) is 1.92. The summed E-state index contributed by atoms with van der Waals surface area (Å²) in [5.41, 5.74) is 1.74. The molecule has 0 bridgehead atoms. The van der Waals surface area contributed by atoms with Crippen molar-refractivity contribution >= 4 is 34.1 Å². The summed E-state index contributed by atoms with van der Waals surface area (Å²) in [5.74, 6) is 0.689. The van der Waals surface area contributed by atoms with E-state index in [0.29, 0.717) is 21.4 Å². The van der Waals surface area contributed by atoms with Gasteiger partial charge in [0.2, 0.25) is 0 Å². The molecule has 0 spiro atoms. The summed E-state index contributed by atoms with van der Waals surface area (Å²) >= 11 is 12.3. The van der Waals surface area contributed by atoms with Crippen molar-refractivity contribution in [1.82, 2.24) is 4.98 Å². The molecule has 4 heteroatoms. The van der Waals surface area contributed by atoms with E-state index in [4.69, 9.17) is 27.9 Å². The molecule has 90 valence electrons. The zero-order valence-electron chi connectivity index (χ0n) is 9.76. The van der Waals surface area contributed by atoms with Gasteiger partial charge in [0.15, 0.2) is 0 Å². The number of ether oxygens (including phenoxy) is 1. The highest BCUT2D eigenvalue weighted by Crippen LogP contribution is 2.33. The quantitative estimate of drug-likeness (QED) is 0.766. The Balaban J connectivity index is 2.72. The number of rotatable bonds is 3. The predicted molar refractivity (Wildman–Crippen MR) is 72.3 cm³/mol. The van der Waals surface area contributed by atoms with Gasteiger partial charge in [-0.3, -0.25) is 0 Å². The fourth-order valence-corrected chi connectivity index (χ4v) is 2.27. The van der Waals surface area contributed by atoms with Crippen LogP contribution in [0.4, 0.5) is 0 Å². The molecule has 0 aliphatic rings. The Morgan fingerprint density at radius 3 is 2.71 bits per heavy atom. The number of hydrogen-bond donors (Lipinski definition) is 0. The van der Waals surface area contributed by atoms with Crippen LogP contribution in [0.3, 0.4) is 0 Å². The van der Waals surface area contributed by atoms with Crippen LogP contribution >= 0.6 is 23.2 Å². The van der Waals surface area contributed by atoms with Gasteiger partial charge in [0.1, 0.15) is 16.4 Å². The molecule has 2 rings (SSSR count). The third kappa shape index (κ3) is 2.33. The van der Waals surface area contributed by atoms with Crippen molar-refractivity contribution in [3.8, 4) is 5.75 Å². The Morgan fingerprint density at radius 1 is 1.29 bits per heavy atom. The molecule has 2 aromatic rings. The lowest BCUT2D eigenvalue weighted by atomic mass is 10.1. The molecule has 0 radical (unpaired) electrons. The molecule has 0 aliphatic heterocycles. The largest absolute Gasteiger partial charge is 0.494 e. The van der Waals surface area contributed by atoms with E-state index in [1.54, 1.807) is 13.2 Å². The highest BCUT2D eigenvalue weighted by molar-refractivity contribution is 6.36. The van der Waals surface area contributed by atoms with Crippen LogP contribution in [0.5, 0.6) is 5.75 Å². The lowest BCUT2D eigenvalue weighted by Gasteiger charge is -2.09. The monoisotopic (exact) mass is 269 g/mol. The second kappa shape index (κ2) is 5.11. The van der Waals surface area contributed by atoms with Crippen LogP contribution < -0.4 is 4.74 Å². The molecular formula is C13H13Cl2NO. The van der Waals surface area contributed by atoms with Crippen molar-refractivity contribution < 1.29 is 4.74 Å². The number of halogens is 2. The molecule has 1 aromatic carbocycles. The van der Waals surface area contributed by atoms with Gasteiger partial charge < -0.3 is 4.74 Å². The van der Waals surface area contributed by atoms with Crippen LogP contribution in [0.15, 0.2) is 18.2 Å². The molecule has 0 atom stereocenters. The number of hydrogen-bond acceptors (Lipinski definition) is 2. The molecule has 0 amide bonds. The van der Waals surface area contributed by atoms with E-state index in [2.05, 4.69) is 11.9 Å². The minimum Gasteiger partial charge on any atom is -0.494 e. The standard InChI is InChI=1S/C13H13Cl2NO/c1-3-4-8-7-9-10(14)5-6-11(17-2)12(9)16-13(8)15/h5-7H,3-4H2,1-2H3. The van der Waals surface area contributed by atoms with Crippen LogP contribution in [0, 0.1) is 0 Å². The Bertz CT molecular complexity index is 555. The first-order valence-electron chi connectivity index (χ1n) is 5.49. The van der Waals surface area contributed by atoms with Crippen LogP contribution in [-0.2, 0) is 6.42 Å². The summed E-state index contributed by atoms with van der Waals surface area (Å²) in [6, 6.07) is 5.61. The number of benzene rings is 1. The molecule has 0 fully saturated rings. The van der Waals surface area contributed by atoms with E-state index in [1.807, 2.05) is 12.1 Å². The minimum atomic E-state index is 0.528. The summed E-state index contributed by atoms with van der Waals surface area (Å²) in [5, 5.41) is 2.08. The molecule has 0 N–H and O–H groups in total. The van der Waals surface area contributed by atoms with Crippen molar-refractivity contribution in [3.63, 3.8) is 0 Å². The number of methoxy groups -OCH3 is 1. The zero-order chi connectivity index (χ0) is 12.4. The molecule has 0 saturated carbocycles. The third-order valence-corrected chi connectivity index (χ3v) is 3.32. The summed E-state index contributed by atoms with van der Waals surface area (Å²) in [7, 11) is 1.61. The fourth-order valence-electron chi connectivity index (χ4n) is 1.83. The van der Waals surface area contributed by atoms with Crippen LogP contribution in [0.25, 0.3) is 10.9 Å². The number of fused-ring (bicyclic) bond motifs is 1. The van der Waals surface area contributed by atoms with E-state index >= 15 is 0 Å². The lowest BCUT2D eigenvalue weighted by Crippen LogP contribution is -1.93. The van der Waals surface area contributed by atoms with Gasteiger partial charge in [0.25, 0.3) is 0 Å². The zero-order valence-corrected chi connectivity index (χ0v) is 11.3. The van der Waals surface area contributed by atoms with E-state index in [0.717, 1.165) is 23.8 Å². The Labute approximate surface area is 111 Å². The summed E-state index contributed by atoms with van der Waals surface area (Å²) in [4.78, 5) is 4.38. The topological polar surface area (TPSA) is 22.1 Å². The molecule has 0 aliphatic carbocycles. The van der Waals surface area contributed by atoms with Gasteiger partial charge in [-0.2, -0.15) is 0 Å². The van der Waals surface area contributed by atoms with Gasteiger partial charge >= 0.3 is 0 Å². The van der Waals surface area contributed by atoms with Crippen molar-refractivity contribution in [3.05, 3.63) is 33.9 Å². The normalized spacial score (nSPS) is 10.8. The number of pyridine rings is 1.